The molecular weight excluding hydrogens is 224 g/mol. The molecule has 82 valence electrons. The Bertz CT molecular complexity index is 493. The van der Waals surface area contributed by atoms with E-state index in [4.69, 9.17) is 17.3 Å². The SMILES string of the molecule is Cc1cccc(Cl)c1Nc1nccnc1N. The van der Waals surface area contributed by atoms with Crippen molar-refractivity contribution in [1.82, 2.24) is 9.97 Å². The molecule has 0 unspecified atom stereocenters. The number of rotatable bonds is 2. The van der Waals surface area contributed by atoms with E-state index >= 15 is 0 Å². The third-order valence-corrected chi connectivity index (χ3v) is 2.51. The number of aryl methyl sites for hydroxylation is 1. The van der Waals surface area contributed by atoms with Gasteiger partial charge in [0.2, 0.25) is 0 Å². The number of nitrogen functional groups attached to an aromatic ring is 1. The Morgan fingerprint density at radius 1 is 1.25 bits per heavy atom. The highest BCUT2D eigenvalue weighted by Gasteiger charge is 2.06. The third kappa shape index (κ3) is 2.06. The first-order valence-electron chi connectivity index (χ1n) is 4.77. The lowest BCUT2D eigenvalue weighted by Crippen LogP contribution is -2.02. The number of nitrogens with zero attached hydrogens (tertiary/aromatic N) is 2. The molecule has 2 aromatic rings. The summed E-state index contributed by atoms with van der Waals surface area (Å²) in [5, 5.41) is 3.71. The van der Waals surface area contributed by atoms with Crippen molar-refractivity contribution in [2.24, 2.45) is 0 Å². The molecule has 0 amide bonds. The predicted octanol–water partition coefficient (Wildman–Crippen LogP) is 2.76. The van der Waals surface area contributed by atoms with Crippen LogP contribution in [0, 0.1) is 6.92 Å². The van der Waals surface area contributed by atoms with Crippen LogP contribution in [-0.4, -0.2) is 9.97 Å². The van der Waals surface area contributed by atoms with Gasteiger partial charge < -0.3 is 11.1 Å². The highest BCUT2D eigenvalue weighted by atomic mass is 35.5. The van der Waals surface area contributed by atoms with E-state index in [0.717, 1.165) is 11.3 Å². The maximum atomic E-state index is 6.08. The number of hydrogen-bond acceptors (Lipinski definition) is 4. The lowest BCUT2D eigenvalue weighted by Gasteiger charge is -2.11. The van der Waals surface area contributed by atoms with Crippen molar-refractivity contribution < 1.29 is 0 Å². The summed E-state index contributed by atoms with van der Waals surface area (Å²) in [4.78, 5) is 8.04. The Hall–Kier alpha value is -1.81. The number of hydrogen-bond donors (Lipinski definition) is 2. The molecule has 1 aromatic heterocycles. The Labute approximate surface area is 98.5 Å². The molecular formula is C11H11ClN4. The van der Waals surface area contributed by atoms with Gasteiger partial charge in [0.15, 0.2) is 11.6 Å². The first-order chi connectivity index (χ1) is 7.68. The van der Waals surface area contributed by atoms with Gasteiger partial charge in [-0.15, -0.1) is 0 Å². The number of nitrogens with one attached hydrogen (secondary N) is 1. The summed E-state index contributed by atoms with van der Waals surface area (Å²) >= 11 is 6.08. The van der Waals surface area contributed by atoms with Crippen LogP contribution >= 0.6 is 11.6 Å². The van der Waals surface area contributed by atoms with E-state index in [1.54, 1.807) is 12.4 Å². The quantitative estimate of drug-likeness (QED) is 0.839. The van der Waals surface area contributed by atoms with E-state index < -0.39 is 0 Å². The monoisotopic (exact) mass is 234 g/mol. The van der Waals surface area contributed by atoms with E-state index in [1.165, 1.54) is 0 Å². The number of halogens is 1. The fraction of sp³-hybridized carbons (Fsp3) is 0.0909. The standard InChI is InChI=1S/C11H11ClN4/c1-7-3-2-4-8(12)9(7)16-11-10(13)14-5-6-15-11/h2-6H,1H3,(H2,13,14)(H,15,16). The Balaban J connectivity index is 2.38. The molecule has 1 aromatic carbocycles. The first kappa shape index (κ1) is 10.7. The van der Waals surface area contributed by atoms with Crippen molar-refractivity contribution in [3.8, 4) is 0 Å². The van der Waals surface area contributed by atoms with Crippen molar-refractivity contribution >= 4 is 28.9 Å². The number of anilines is 3. The van der Waals surface area contributed by atoms with E-state index in [0.29, 0.717) is 16.7 Å². The van der Waals surface area contributed by atoms with Crippen LogP contribution in [0.25, 0.3) is 0 Å². The second kappa shape index (κ2) is 4.37. The van der Waals surface area contributed by atoms with Crippen molar-refractivity contribution in [3.05, 3.63) is 41.2 Å². The number of nitrogens with two attached hydrogens (primary N) is 1. The summed E-state index contributed by atoms with van der Waals surface area (Å²) < 4.78 is 0. The topological polar surface area (TPSA) is 63.8 Å². The Morgan fingerprint density at radius 2 is 2.00 bits per heavy atom. The van der Waals surface area contributed by atoms with Gasteiger partial charge in [0.1, 0.15) is 0 Å². The minimum Gasteiger partial charge on any atom is -0.381 e. The van der Waals surface area contributed by atoms with Gasteiger partial charge in [-0.2, -0.15) is 0 Å². The summed E-state index contributed by atoms with van der Waals surface area (Å²) in [5.41, 5.74) is 7.52. The van der Waals surface area contributed by atoms with Crippen LogP contribution in [0.2, 0.25) is 5.02 Å². The van der Waals surface area contributed by atoms with Gasteiger partial charge in [-0.05, 0) is 18.6 Å². The van der Waals surface area contributed by atoms with Crippen LogP contribution in [0.1, 0.15) is 5.56 Å². The Kier molecular flexibility index (Phi) is 2.92. The van der Waals surface area contributed by atoms with E-state index in [1.807, 2.05) is 25.1 Å². The van der Waals surface area contributed by atoms with Crippen LogP contribution < -0.4 is 11.1 Å². The van der Waals surface area contributed by atoms with Gasteiger partial charge in [0.05, 0.1) is 10.7 Å². The highest BCUT2D eigenvalue weighted by molar-refractivity contribution is 6.33. The minimum absolute atomic E-state index is 0.349. The van der Waals surface area contributed by atoms with Crippen LogP contribution in [0.4, 0.5) is 17.3 Å². The van der Waals surface area contributed by atoms with Gasteiger partial charge in [0, 0.05) is 12.4 Å². The maximum absolute atomic E-state index is 6.08. The van der Waals surface area contributed by atoms with Gasteiger partial charge >= 0.3 is 0 Å². The fourth-order valence-corrected chi connectivity index (χ4v) is 1.62. The molecule has 2 rings (SSSR count). The van der Waals surface area contributed by atoms with Crippen LogP contribution in [-0.2, 0) is 0 Å². The van der Waals surface area contributed by atoms with Gasteiger partial charge in [-0.25, -0.2) is 9.97 Å². The van der Waals surface area contributed by atoms with Gasteiger partial charge in [-0.3, -0.25) is 0 Å². The highest BCUT2D eigenvalue weighted by Crippen LogP contribution is 2.29. The van der Waals surface area contributed by atoms with E-state index in [-0.39, 0.29) is 0 Å². The second-order valence-electron chi connectivity index (χ2n) is 3.35. The zero-order valence-electron chi connectivity index (χ0n) is 8.74. The molecule has 0 aliphatic carbocycles. The van der Waals surface area contributed by atoms with E-state index in [9.17, 15) is 0 Å². The molecule has 0 bridgehead atoms. The largest absolute Gasteiger partial charge is 0.381 e. The molecule has 0 aliphatic rings. The van der Waals surface area contributed by atoms with Crippen molar-refractivity contribution in [2.75, 3.05) is 11.1 Å². The lowest BCUT2D eigenvalue weighted by atomic mass is 10.2. The molecule has 5 heteroatoms. The maximum Gasteiger partial charge on any atom is 0.173 e. The summed E-state index contributed by atoms with van der Waals surface area (Å²) in [6.07, 6.45) is 3.12. The van der Waals surface area contributed by atoms with E-state index in [2.05, 4.69) is 15.3 Å². The fourth-order valence-electron chi connectivity index (χ4n) is 1.35. The molecule has 0 fully saturated rings. The van der Waals surface area contributed by atoms with Crippen molar-refractivity contribution in [3.63, 3.8) is 0 Å². The molecule has 0 aliphatic heterocycles. The molecule has 0 saturated carbocycles. The zero-order chi connectivity index (χ0) is 11.5. The summed E-state index contributed by atoms with van der Waals surface area (Å²) in [5.74, 6) is 0.862. The molecule has 3 N–H and O–H groups in total. The predicted molar refractivity (Wildman–Crippen MR) is 65.9 cm³/mol. The molecule has 0 spiro atoms. The molecule has 16 heavy (non-hydrogen) atoms. The summed E-state index contributed by atoms with van der Waals surface area (Å²) in [7, 11) is 0. The normalized spacial score (nSPS) is 10.1. The number of para-hydroxylation sites is 1. The minimum atomic E-state index is 0.349. The van der Waals surface area contributed by atoms with Crippen molar-refractivity contribution in [1.29, 1.82) is 0 Å². The third-order valence-electron chi connectivity index (χ3n) is 2.19. The average molecular weight is 235 g/mol. The molecule has 0 radical (unpaired) electrons. The lowest BCUT2D eigenvalue weighted by molar-refractivity contribution is 1.20. The smallest absolute Gasteiger partial charge is 0.173 e. The molecule has 0 atom stereocenters. The van der Waals surface area contributed by atoms with Crippen LogP contribution in [0.5, 0.6) is 0 Å². The number of benzene rings is 1. The van der Waals surface area contributed by atoms with Crippen LogP contribution in [0.3, 0.4) is 0 Å². The number of aromatic nitrogens is 2. The zero-order valence-corrected chi connectivity index (χ0v) is 9.49. The average Bonchev–Trinajstić information content (AvgIpc) is 2.26. The molecule has 4 nitrogen and oxygen atoms in total. The van der Waals surface area contributed by atoms with Gasteiger partial charge in [0.25, 0.3) is 0 Å². The Morgan fingerprint density at radius 3 is 2.69 bits per heavy atom. The summed E-state index contributed by atoms with van der Waals surface area (Å²) in [6.45, 7) is 1.96. The summed E-state index contributed by atoms with van der Waals surface area (Å²) in [6, 6.07) is 5.66. The van der Waals surface area contributed by atoms with Crippen molar-refractivity contribution in [2.45, 2.75) is 6.92 Å². The first-order valence-corrected chi connectivity index (χ1v) is 5.15. The molecule has 0 saturated heterocycles. The van der Waals surface area contributed by atoms with Crippen LogP contribution in [0.15, 0.2) is 30.6 Å². The van der Waals surface area contributed by atoms with Gasteiger partial charge in [-0.1, -0.05) is 23.7 Å². The molecule has 1 heterocycles. The second-order valence-corrected chi connectivity index (χ2v) is 3.75.